The van der Waals surface area contributed by atoms with E-state index in [9.17, 15) is 4.39 Å². The lowest BCUT2D eigenvalue weighted by molar-refractivity contribution is 0.629. The van der Waals surface area contributed by atoms with E-state index in [1.807, 2.05) is 36.7 Å². The molecular weight excluding hydrogens is 241 g/mol. The van der Waals surface area contributed by atoms with E-state index in [-0.39, 0.29) is 5.82 Å². The number of halogens is 1. The van der Waals surface area contributed by atoms with E-state index < -0.39 is 0 Å². The van der Waals surface area contributed by atoms with E-state index in [4.69, 9.17) is 5.73 Å². The van der Waals surface area contributed by atoms with Gasteiger partial charge in [0.05, 0.1) is 11.0 Å². The molecule has 0 aliphatic heterocycles. The van der Waals surface area contributed by atoms with Crippen LogP contribution in [0, 0.1) is 12.7 Å². The van der Waals surface area contributed by atoms with Crippen molar-refractivity contribution in [3.05, 3.63) is 47.8 Å². The van der Waals surface area contributed by atoms with Gasteiger partial charge in [-0.05, 0) is 30.7 Å². The van der Waals surface area contributed by atoms with Crippen molar-refractivity contribution in [1.29, 1.82) is 0 Å². The second-order valence-electron chi connectivity index (χ2n) is 4.65. The smallest absolute Gasteiger partial charge is 0.141 e. The number of nitrogens with two attached hydrogens (primary N) is 1. The summed E-state index contributed by atoms with van der Waals surface area (Å²) in [6.45, 7) is 1.96. The third kappa shape index (κ3) is 1.76. The van der Waals surface area contributed by atoms with Crippen molar-refractivity contribution >= 4 is 16.7 Å². The molecule has 2 aromatic carbocycles. The average molecular weight is 255 g/mol. The molecule has 0 aliphatic carbocycles. The van der Waals surface area contributed by atoms with Crippen molar-refractivity contribution in [2.24, 2.45) is 7.05 Å². The van der Waals surface area contributed by atoms with Crippen LogP contribution in [0.5, 0.6) is 0 Å². The Morgan fingerprint density at radius 1 is 1.21 bits per heavy atom. The number of hydrogen-bond acceptors (Lipinski definition) is 2. The van der Waals surface area contributed by atoms with E-state index in [2.05, 4.69) is 4.98 Å². The summed E-state index contributed by atoms with van der Waals surface area (Å²) in [6, 6.07) is 10.4. The van der Waals surface area contributed by atoms with Gasteiger partial charge in [0.2, 0.25) is 0 Å². The van der Waals surface area contributed by atoms with Gasteiger partial charge in [-0.15, -0.1) is 0 Å². The monoisotopic (exact) mass is 255 g/mol. The summed E-state index contributed by atoms with van der Waals surface area (Å²) in [5.74, 6) is 0.520. The Bertz CT molecular complexity index is 774. The van der Waals surface area contributed by atoms with E-state index in [0.29, 0.717) is 5.52 Å². The van der Waals surface area contributed by atoms with Gasteiger partial charge in [-0.3, -0.25) is 0 Å². The maximum absolute atomic E-state index is 13.3. The number of imidazole rings is 1. The summed E-state index contributed by atoms with van der Waals surface area (Å²) < 4.78 is 15.2. The summed E-state index contributed by atoms with van der Waals surface area (Å²) >= 11 is 0. The number of aryl methyl sites for hydroxylation is 1. The van der Waals surface area contributed by atoms with Crippen LogP contribution in [0.1, 0.15) is 5.56 Å². The van der Waals surface area contributed by atoms with Crippen LogP contribution in [0.25, 0.3) is 22.4 Å². The van der Waals surface area contributed by atoms with Crippen molar-refractivity contribution in [3.8, 4) is 11.4 Å². The fourth-order valence-electron chi connectivity index (χ4n) is 2.31. The average Bonchev–Trinajstić information content (AvgIpc) is 2.69. The molecule has 0 aliphatic rings. The van der Waals surface area contributed by atoms with Crippen LogP contribution >= 0.6 is 0 Å². The largest absolute Gasteiger partial charge is 0.398 e. The minimum Gasteiger partial charge on any atom is -0.398 e. The quantitative estimate of drug-likeness (QED) is 0.678. The molecule has 0 unspecified atom stereocenters. The molecule has 3 aromatic rings. The predicted octanol–water partition coefficient (Wildman–Crippen LogP) is 3.27. The summed E-state index contributed by atoms with van der Waals surface area (Å²) in [7, 11) is 1.92. The summed E-state index contributed by atoms with van der Waals surface area (Å²) in [5.41, 5.74) is 10.2. The number of benzene rings is 2. The number of anilines is 1. The van der Waals surface area contributed by atoms with Gasteiger partial charge in [0, 0.05) is 24.4 Å². The van der Waals surface area contributed by atoms with Crippen molar-refractivity contribution in [2.45, 2.75) is 6.92 Å². The van der Waals surface area contributed by atoms with Gasteiger partial charge in [-0.2, -0.15) is 0 Å². The third-order valence-corrected chi connectivity index (χ3v) is 3.46. The Balaban J connectivity index is 2.31. The Kier molecular flexibility index (Phi) is 2.52. The summed E-state index contributed by atoms with van der Waals surface area (Å²) in [4.78, 5) is 4.51. The van der Waals surface area contributed by atoms with E-state index in [1.165, 1.54) is 12.1 Å². The lowest BCUT2D eigenvalue weighted by Crippen LogP contribution is -1.97. The predicted molar refractivity (Wildman–Crippen MR) is 75.3 cm³/mol. The first kappa shape index (κ1) is 11.7. The minimum absolute atomic E-state index is 0.276. The molecule has 0 atom stereocenters. The van der Waals surface area contributed by atoms with Crippen molar-refractivity contribution in [1.82, 2.24) is 9.55 Å². The number of fused-ring (bicyclic) bond motifs is 1. The molecule has 2 N–H and O–H groups in total. The number of rotatable bonds is 1. The lowest BCUT2D eigenvalue weighted by atomic mass is 10.1. The maximum Gasteiger partial charge on any atom is 0.141 e. The number of hydrogen-bond donors (Lipinski definition) is 1. The molecule has 19 heavy (non-hydrogen) atoms. The molecule has 3 rings (SSSR count). The molecule has 0 amide bonds. The standard InChI is InChI=1S/C15H14FN3/c1-9-11(4-3-5-12(9)17)15-18-13-8-10(16)6-7-14(13)19(15)2/h3-8H,17H2,1-2H3. The molecule has 0 saturated heterocycles. The first-order valence-electron chi connectivity index (χ1n) is 6.05. The highest BCUT2D eigenvalue weighted by Gasteiger charge is 2.13. The van der Waals surface area contributed by atoms with Crippen LogP contribution in [0.2, 0.25) is 0 Å². The van der Waals surface area contributed by atoms with E-state index >= 15 is 0 Å². The van der Waals surface area contributed by atoms with Crippen molar-refractivity contribution in [2.75, 3.05) is 5.73 Å². The Morgan fingerprint density at radius 2 is 2.00 bits per heavy atom. The third-order valence-electron chi connectivity index (χ3n) is 3.46. The zero-order valence-corrected chi connectivity index (χ0v) is 10.8. The highest BCUT2D eigenvalue weighted by Crippen LogP contribution is 2.28. The highest BCUT2D eigenvalue weighted by molar-refractivity contribution is 5.82. The number of nitrogens with zero attached hydrogens (tertiary/aromatic N) is 2. The molecule has 0 saturated carbocycles. The minimum atomic E-state index is -0.276. The van der Waals surface area contributed by atoms with Crippen molar-refractivity contribution < 1.29 is 4.39 Å². The first-order valence-corrected chi connectivity index (χ1v) is 6.05. The Hall–Kier alpha value is -2.36. The zero-order valence-electron chi connectivity index (χ0n) is 10.8. The number of nitrogen functional groups attached to an aromatic ring is 1. The molecule has 0 radical (unpaired) electrons. The van der Waals surface area contributed by atoms with E-state index in [0.717, 1.165) is 28.2 Å². The molecule has 1 heterocycles. The fourth-order valence-corrected chi connectivity index (χ4v) is 2.31. The van der Waals surface area contributed by atoms with Gasteiger partial charge in [-0.1, -0.05) is 12.1 Å². The maximum atomic E-state index is 13.3. The fraction of sp³-hybridized carbons (Fsp3) is 0.133. The van der Waals surface area contributed by atoms with Crippen LogP contribution in [0.15, 0.2) is 36.4 Å². The van der Waals surface area contributed by atoms with Gasteiger partial charge in [0.15, 0.2) is 0 Å². The lowest BCUT2D eigenvalue weighted by Gasteiger charge is -2.08. The molecular formula is C15H14FN3. The van der Waals surface area contributed by atoms with Crippen LogP contribution in [-0.2, 0) is 7.05 Å². The Labute approximate surface area is 110 Å². The van der Waals surface area contributed by atoms with Crippen LogP contribution < -0.4 is 5.73 Å². The van der Waals surface area contributed by atoms with Gasteiger partial charge in [-0.25, -0.2) is 9.37 Å². The molecule has 4 heteroatoms. The molecule has 0 fully saturated rings. The highest BCUT2D eigenvalue weighted by atomic mass is 19.1. The van der Waals surface area contributed by atoms with Gasteiger partial charge in [0.25, 0.3) is 0 Å². The van der Waals surface area contributed by atoms with Gasteiger partial charge in [0.1, 0.15) is 11.6 Å². The Morgan fingerprint density at radius 3 is 2.79 bits per heavy atom. The van der Waals surface area contributed by atoms with Crippen LogP contribution in [0.3, 0.4) is 0 Å². The second-order valence-corrected chi connectivity index (χ2v) is 4.65. The van der Waals surface area contributed by atoms with Gasteiger partial charge < -0.3 is 10.3 Å². The van der Waals surface area contributed by atoms with E-state index in [1.54, 1.807) is 6.07 Å². The van der Waals surface area contributed by atoms with Crippen LogP contribution in [0.4, 0.5) is 10.1 Å². The van der Waals surface area contributed by atoms with Gasteiger partial charge >= 0.3 is 0 Å². The zero-order chi connectivity index (χ0) is 13.6. The molecule has 3 nitrogen and oxygen atoms in total. The van der Waals surface area contributed by atoms with Crippen molar-refractivity contribution in [3.63, 3.8) is 0 Å². The first-order chi connectivity index (χ1) is 9.08. The molecule has 96 valence electrons. The molecule has 0 bridgehead atoms. The SMILES string of the molecule is Cc1c(N)cccc1-c1nc2cc(F)ccc2n1C. The normalized spacial score (nSPS) is 11.1. The molecule has 1 aromatic heterocycles. The van der Waals surface area contributed by atoms with Crippen LogP contribution in [-0.4, -0.2) is 9.55 Å². The second kappa shape index (κ2) is 4.09. The number of aromatic nitrogens is 2. The summed E-state index contributed by atoms with van der Waals surface area (Å²) in [5, 5.41) is 0. The topological polar surface area (TPSA) is 43.8 Å². The summed E-state index contributed by atoms with van der Waals surface area (Å²) in [6.07, 6.45) is 0. The molecule has 0 spiro atoms.